The van der Waals surface area contributed by atoms with E-state index in [0.717, 1.165) is 22.9 Å². The van der Waals surface area contributed by atoms with Crippen LogP contribution in [0.1, 0.15) is 24.1 Å². The molecule has 0 fully saturated rings. The molecule has 7 heteroatoms. The highest BCUT2D eigenvalue weighted by Gasteiger charge is 2.32. The van der Waals surface area contributed by atoms with Crippen molar-refractivity contribution in [1.82, 2.24) is 5.32 Å². The zero-order valence-corrected chi connectivity index (χ0v) is 18.8. The van der Waals surface area contributed by atoms with Crippen LogP contribution in [0.4, 0.5) is 10.1 Å². The molecule has 0 unspecified atom stereocenters. The minimum Gasteiger partial charge on any atom is -0.349 e. The monoisotopic (exact) mass is 459 g/mol. The molecule has 1 aliphatic rings. The van der Waals surface area contributed by atoms with Crippen LogP contribution in [0.25, 0.3) is 6.08 Å². The third kappa shape index (κ3) is 5.56. The zero-order valence-electron chi connectivity index (χ0n) is 17.9. The molecule has 0 radical (unpaired) electrons. The number of rotatable bonds is 6. The number of nitrogens with one attached hydrogen (secondary N) is 1. The first kappa shape index (κ1) is 22.5. The first-order chi connectivity index (χ1) is 16.0. The van der Waals surface area contributed by atoms with Crippen LogP contribution in [0.15, 0.2) is 95.6 Å². The zero-order chi connectivity index (χ0) is 23.2. The van der Waals surface area contributed by atoms with Crippen molar-refractivity contribution in [3.63, 3.8) is 0 Å². The van der Waals surface area contributed by atoms with Crippen LogP contribution < -0.4 is 10.2 Å². The second-order valence-corrected chi connectivity index (χ2v) is 8.38. The van der Waals surface area contributed by atoms with Crippen LogP contribution in [0.3, 0.4) is 0 Å². The molecule has 3 aromatic rings. The molecule has 2 amide bonds. The van der Waals surface area contributed by atoms with Crippen molar-refractivity contribution in [3.8, 4) is 0 Å². The molecule has 0 spiro atoms. The van der Waals surface area contributed by atoms with Gasteiger partial charge in [-0.3, -0.25) is 14.5 Å². The third-order valence-electron chi connectivity index (χ3n) is 5.03. The molecule has 0 saturated heterocycles. The number of hydrogen-bond donors (Lipinski definition) is 1. The van der Waals surface area contributed by atoms with E-state index in [9.17, 15) is 14.0 Å². The van der Waals surface area contributed by atoms with E-state index in [2.05, 4.69) is 10.3 Å². The summed E-state index contributed by atoms with van der Waals surface area (Å²) in [5.41, 5.74) is 2.59. The highest BCUT2D eigenvalue weighted by molar-refractivity contribution is 8.14. The summed E-state index contributed by atoms with van der Waals surface area (Å²) in [6.45, 7) is 1.92. The Morgan fingerprint density at radius 1 is 1.03 bits per heavy atom. The van der Waals surface area contributed by atoms with Gasteiger partial charge in [0.05, 0.1) is 17.5 Å². The molecule has 0 aliphatic carbocycles. The number of hydrogen-bond acceptors (Lipinski definition) is 4. The highest BCUT2D eigenvalue weighted by Crippen LogP contribution is 2.29. The Labute approximate surface area is 196 Å². The lowest BCUT2D eigenvalue weighted by molar-refractivity contribution is -0.119. The number of anilines is 1. The fourth-order valence-electron chi connectivity index (χ4n) is 3.36. The number of aliphatic imine (C=N–C) groups is 1. The summed E-state index contributed by atoms with van der Waals surface area (Å²) in [7, 11) is 0. The van der Waals surface area contributed by atoms with Gasteiger partial charge in [-0.1, -0.05) is 72.4 Å². The molecule has 0 saturated carbocycles. The number of carbonyl (C=O) groups excluding carboxylic acids is 2. The molecule has 0 aromatic heterocycles. The first-order valence-electron chi connectivity index (χ1n) is 10.4. The third-order valence-corrected chi connectivity index (χ3v) is 5.97. The summed E-state index contributed by atoms with van der Waals surface area (Å²) in [5, 5.41) is 3.33. The van der Waals surface area contributed by atoms with Crippen LogP contribution in [0, 0.1) is 5.82 Å². The molecular weight excluding hydrogens is 437 g/mol. The van der Waals surface area contributed by atoms with E-state index >= 15 is 0 Å². The van der Waals surface area contributed by atoms with Crippen LogP contribution in [-0.2, 0) is 9.59 Å². The van der Waals surface area contributed by atoms with Gasteiger partial charge >= 0.3 is 0 Å². The number of amidine groups is 1. The molecule has 3 aromatic carbocycles. The normalized spacial score (nSPS) is 15.5. The van der Waals surface area contributed by atoms with Gasteiger partial charge in [0.15, 0.2) is 5.17 Å². The number of halogens is 1. The average Bonchev–Trinajstić information content (AvgIpc) is 3.14. The second-order valence-electron chi connectivity index (χ2n) is 7.44. The number of thioether (sulfide) groups is 1. The first-order valence-corrected chi connectivity index (χ1v) is 11.4. The van der Waals surface area contributed by atoms with Crippen molar-refractivity contribution in [2.75, 3.05) is 10.7 Å². The molecule has 1 atom stereocenters. The lowest BCUT2D eigenvalue weighted by Gasteiger charge is -2.18. The number of nitrogens with zero attached hydrogens (tertiary/aromatic N) is 2. The fraction of sp³-hybridized carbons (Fsp3) is 0.115. The molecule has 1 N–H and O–H groups in total. The molecule has 33 heavy (non-hydrogen) atoms. The van der Waals surface area contributed by atoms with Gasteiger partial charge in [-0.05, 0) is 48.4 Å². The van der Waals surface area contributed by atoms with Crippen molar-refractivity contribution in [2.45, 2.75) is 13.0 Å². The topological polar surface area (TPSA) is 61.8 Å². The van der Waals surface area contributed by atoms with Gasteiger partial charge in [0.25, 0.3) is 5.91 Å². The standard InChI is InChI=1S/C26H22FN3O2S/c1-18(20-10-6-3-7-11-20)28-24(31)17-33-26-29-23(16-19-8-4-2-5-9-19)25(32)30(26)22-14-12-21(27)13-15-22/h2-16,18H,17H2,1H3,(H,28,31)/b23-16-/t18-/m0/s1. The Balaban J connectivity index is 1.52. The summed E-state index contributed by atoms with van der Waals surface area (Å²) >= 11 is 1.16. The lowest BCUT2D eigenvalue weighted by atomic mass is 10.1. The highest BCUT2D eigenvalue weighted by atomic mass is 32.2. The van der Waals surface area contributed by atoms with Gasteiger partial charge in [0.1, 0.15) is 11.5 Å². The summed E-state index contributed by atoms with van der Waals surface area (Å²) in [5.74, 6) is -0.817. The van der Waals surface area contributed by atoms with E-state index in [0.29, 0.717) is 10.9 Å². The number of benzene rings is 3. The van der Waals surface area contributed by atoms with Crippen molar-refractivity contribution in [2.24, 2.45) is 4.99 Å². The van der Waals surface area contributed by atoms with Gasteiger partial charge in [0, 0.05) is 0 Å². The summed E-state index contributed by atoms with van der Waals surface area (Å²) in [6.07, 6.45) is 1.70. The Morgan fingerprint density at radius 2 is 1.67 bits per heavy atom. The smallest absolute Gasteiger partial charge is 0.283 e. The van der Waals surface area contributed by atoms with E-state index in [1.807, 2.05) is 67.6 Å². The predicted octanol–water partition coefficient (Wildman–Crippen LogP) is 5.18. The van der Waals surface area contributed by atoms with Gasteiger partial charge in [0.2, 0.25) is 5.91 Å². The van der Waals surface area contributed by atoms with Crippen molar-refractivity contribution >= 4 is 40.5 Å². The van der Waals surface area contributed by atoms with Crippen LogP contribution >= 0.6 is 11.8 Å². The van der Waals surface area contributed by atoms with Crippen molar-refractivity contribution < 1.29 is 14.0 Å². The maximum Gasteiger partial charge on any atom is 0.283 e. The summed E-state index contributed by atoms with van der Waals surface area (Å²) < 4.78 is 13.4. The Bertz CT molecular complexity index is 1200. The quantitative estimate of drug-likeness (QED) is 0.517. The molecule has 166 valence electrons. The fourth-order valence-corrected chi connectivity index (χ4v) is 4.18. The van der Waals surface area contributed by atoms with E-state index in [1.54, 1.807) is 6.08 Å². The largest absolute Gasteiger partial charge is 0.349 e. The maximum atomic E-state index is 13.4. The van der Waals surface area contributed by atoms with Crippen LogP contribution in [0.2, 0.25) is 0 Å². The van der Waals surface area contributed by atoms with E-state index < -0.39 is 5.82 Å². The lowest BCUT2D eigenvalue weighted by Crippen LogP contribution is -2.33. The van der Waals surface area contributed by atoms with E-state index in [4.69, 9.17) is 0 Å². The van der Waals surface area contributed by atoms with E-state index in [1.165, 1.54) is 29.2 Å². The minimum atomic E-state index is -0.397. The van der Waals surface area contributed by atoms with Crippen LogP contribution in [0.5, 0.6) is 0 Å². The summed E-state index contributed by atoms with van der Waals surface area (Å²) in [6, 6.07) is 24.5. The second kappa shape index (κ2) is 10.3. The predicted molar refractivity (Wildman–Crippen MR) is 131 cm³/mol. The van der Waals surface area contributed by atoms with Crippen molar-refractivity contribution in [1.29, 1.82) is 0 Å². The molecule has 1 heterocycles. The number of carbonyl (C=O) groups is 2. The summed E-state index contributed by atoms with van der Waals surface area (Å²) in [4.78, 5) is 31.6. The van der Waals surface area contributed by atoms with Crippen molar-refractivity contribution in [3.05, 3.63) is 108 Å². The Kier molecular flexibility index (Phi) is 7.00. The average molecular weight is 460 g/mol. The molecule has 4 rings (SSSR count). The van der Waals surface area contributed by atoms with Gasteiger partial charge in [-0.15, -0.1) is 0 Å². The molecule has 1 aliphatic heterocycles. The minimum absolute atomic E-state index is 0.0829. The SMILES string of the molecule is C[C@H](NC(=O)CSC1=N/C(=C\c2ccccc2)C(=O)N1c1ccc(F)cc1)c1ccccc1. The molecular formula is C26H22FN3O2S. The van der Waals surface area contributed by atoms with Crippen LogP contribution in [-0.4, -0.2) is 22.7 Å². The Hall–Kier alpha value is -3.71. The van der Waals surface area contributed by atoms with E-state index in [-0.39, 0.29) is 29.3 Å². The number of amides is 2. The van der Waals surface area contributed by atoms with Gasteiger partial charge in [-0.2, -0.15) is 0 Å². The van der Waals surface area contributed by atoms with Gasteiger partial charge < -0.3 is 5.32 Å². The van der Waals surface area contributed by atoms with Gasteiger partial charge in [-0.25, -0.2) is 9.38 Å². The molecule has 0 bridgehead atoms. The Morgan fingerprint density at radius 3 is 2.33 bits per heavy atom. The molecule has 5 nitrogen and oxygen atoms in total. The maximum absolute atomic E-state index is 13.4.